The molecule has 0 fully saturated rings. The van der Waals surface area contributed by atoms with E-state index in [-0.39, 0.29) is 40.7 Å². The predicted molar refractivity (Wildman–Crippen MR) is 137 cm³/mol. The van der Waals surface area contributed by atoms with Gasteiger partial charge >= 0.3 is 6.18 Å². The van der Waals surface area contributed by atoms with Crippen LogP contribution in [0.3, 0.4) is 0 Å². The van der Waals surface area contributed by atoms with Crippen LogP contribution in [0.5, 0.6) is 11.5 Å². The van der Waals surface area contributed by atoms with Crippen LogP contribution in [0.25, 0.3) is 0 Å². The first-order valence-corrected chi connectivity index (χ1v) is 12.5. The van der Waals surface area contributed by atoms with Gasteiger partial charge in [-0.1, -0.05) is 6.07 Å². The third-order valence-corrected chi connectivity index (χ3v) is 7.04. The number of nitro groups is 1. The van der Waals surface area contributed by atoms with Crippen molar-refractivity contribution < 1.29 is 32.0 Å². The summed E-state index contributed by atoms with van der Waals surface area (Å²) in [6.07, 6.45) is 0.312. The average molecular weight is 553 g/mol. The highest BCUT2D eigenvalue weighted by Gasteiger charge is 2.47. The molecule has 1 aliphatic carbocycles. The molecule has 1 aliphatic heterocycles. The summed E-state index contributed by atoms with van der Waals surface area (Å²) in [4.78, 5) is 24.2. The van der Waals surface area contributed by atoms with E-state index in [2.05, 4.69) is 15.7 Å². The number of nitro benzene ring substituents is 1. The minimum absolute atomic E-state index is 0.0288. The number of fused-ring (bicyclic) bond motifs is 2. The molecule has 2 atom stereocenters. The smallest absolute Gasteiger partial charge is 0.410 e. The van der Waals surface area contributed by atoms with Gasteiger partial charge in [0.15, 0.2) is 6.04 Å². The Morgan fingerprint density at radius 3 is 2.73 bits per heavy atom. The molecule has 3 heterocycles. The van der Waals surface area contributed by atoms with Crippen molar-refractivity contribution in [2.75, 3.05) is 10.6 Å². The summed E-state index contributed by atoms with van der Waals surface area (Å²) >= 11 is 0. The number of ether oxygens (including phenoxy) is 1. The second kappa shape index (κ2) is 9.74. The number of carbonyl (C=O) groups is 1. The number of anilines is 2. The van der Waals surface area contributed by atoms with Crippen LogP contribution in [0.15, 0.2) is 65.4 Å². The number of halogens is 3. The quantitative estimate of drug-likeness (QED) is 0.204. The lowest BCUT2D eigenvalue weighted by Crippen LogP contribution is -2.36. The Morgan fingerprint density at radius 1 is 1.15 bits per heavy atom. The van der Waals surface area contributed by atoms with Crippen LogP contribution in [0.2, 0.25) is 0 Å². The lowest BCUT2D eigenvalue weighted by molar-refractivity contribution is -0.384. The number of aromatic nitrogens is 2. The first kappa shape index (κ1) is 25.5. The number of carbonyl (C=O) groups excluding carboxylic acids is 1. The molecule has 40 heavy (non-hydrogen) atoms. The number of amides is 1. The molecule has 2 aromatic carbocycles. The molecular formula is C27H22F3N5O5. The molecule has 206 valence electrons. The zero-order chi connectivity index (χ0) is 28.0. The Balaban J connectivity index is 1.29. The molecule has 0 unspecified atom stereocenters. The standard InChI is InChI=1S/C27H22F3N5O5/c28-27(29,30)24-13-22(23-5-2-8-39-23)33-25-21(14-31-34(24)25)26(36)32-17-10-18(35(37)38)12-20(11-17)40-19-7-6-15-3-1-4-16(15)9-19/h2,5-12,14,22,24,33H,1,3-4,13H2,(H,32,36)/t22-,24-/m0/s1. The van der Waals surface area contributed by atoms with Gasteiger partial charge < -0.3 is 19.8 Å². The highest BCUT2D eigenvalue weighted by Crippen LogP contribution is 2.44. The van der Waals surface area contributed by atoms with Gasteiger partial charge in [-0.05, 0) is 54.7 Å². The van der Waals surface area contributed by atoms with Crippen LogP contribution in [-0.2, 0) is 12.8 Å². The molecule has 0 saturated heterocycles. The van der Waals surface area contributed by atoms with Gasteiger partial charge in [-0.2, -0.15) is 18.3 Å². The fourth-order valence-corrected chi connectivity index (χ4v) is 5.17. The number of hydrogen-bond acceptors (Lipinski definition) is 7. The fraction of sp³-hybridized carbons (Fsp3) is 0.259. The average Bonchev–Trinajstić information content (AvgIpc) is 3.68. The van der Waals surface area contributed by atoms with Gasteiger partial charge in [0, 0.05) is 18.6 Å². The summed E-state index contributed by atoms with van der Waals surface area (Å²) in [5, 5.41) is 20.9. The Kier molecular flexibility index (Phi) is 6.20. The van der Waals surface area contributed by atoms with Gasteiger partial charge in [0.25, 0.3) is 11.6 Å². The lowest BCUT2D eigenvalue weighted by atomic mass is 10.0. The first-order chi connectivity index (χ1) is 19.2. The minimum atomic E-state index is -4.63. The number of hydrogen-bond donors (Lipinski definition) is 2. The van der Waals surface area contributed by atoms with Gasteiger partial charge in [-0.25, -0.2) is 4.68 Å². The SMILES string of the molecule is O=C(Nc1cc(Oc2ccc3c(c2)CCC3)cc([N+](=O)[O-])c1)c1cnn2c1N[C@H](c1ccco1)C[C@H]2C(F)(F)F. The van der Waals surface area contributed by atoms with E-state index in [0.717, 1.165) is 41.8 Å². The third kappa shape index (κ3) is 4.85. The van der Waals surface area contributed by atoms with Gasteiger partial charge in [0.2, 0.25) is 0 Å². The number of aryl methyl sites for hydroxylation is 2. The molecule has 2 aromatic heterocycles. The molecule has 13 heteroatoms. The Morgan fingerprint density at radius 2 is 1.98 bits per heavy atom. The number of alkyl halides is 3. The van der Waals surface area contributed by atoms with Crippen LogP contribution in [0.4, 0.5) is 30.4 Å². The molecule has 4 aromatic rings. The number of non-ortho nitro benzene ring substituents is 1. The van der Waals surface area contributed by atoms with Crippen molar-refractivity contribution in [1.29, 1.82) is 0 Å². The highest BCUT2D eigenvalue weighted by molar-refractivity contribution is 6.07. The zero-order valence-electron chi connectivity index (χ0n) is 20.8. The van der Waals surface area contributed by atoms with Crippen LogP contribution < -0.4 is 15.4 Å². The fourth-order valence-electron chi connectivity index (χ4n) is 5.17. The van der Waals surface area contributed by atoms with Crippen molar-refractivity contribution in [3.8, 4) is 11.5 Å². The summed E-state index contributed by atoms with van der Waals surface area (Å²) in [6, 6.07) is 9.65. The van der Waals surface area contributed by atoms with Crippen molar-refractivity contribution in [1.82, 2.24) is 9.78 Å². The maximum absolute atomic E-state index is 13.9. The molecule has 6 rings (SSSR count). The number of nitrogens with zero attached hydrogens (tertiary/aromatic N) is 3. The largest absolute Gasteiger partial charge is 0.467 e. The number of rotatable bonds is 6. The topological polar surface area (TPSA) is 124 Å². The Bertz CT molecular complexity index is 1600. The van der Waals surface area contributed by atoms with Crippen LogP contribution in [0, 0.1) is 10.1 Å². The van der Waals surface area contributed by atoms with E-state index in [4.69, 9.17) is 9.15 Å². The van der Waals surface area contributed by atoms with E-state index >= 15 is 0 Å². The monoisotopic (exact) mass is 553 g/mol. The molecule has 0 bridgehead atoms. The van der Waals surface area contributed by atoms with E-state index in [0.29, 0.717) is 5.75 Å². The normalized spacial score (nSPS) is 18.0. The van der Waals surface area contributed by atoms with Crippen molar-refractivity contribution in [3.63, 3.8) is 0 Å². The van der Waals surface area contributed by atoms with Crippen LogP contribution >= 0.6 is 0 Å². The zero-order valence-corrected chi connectivity index (χ0v) is 20.8. The predicted octanol–water partition coefficient (Wildman–Crippen LogP) is 6.58. The lowest BCUT2D eigenvalue weighted by Gasteiger charge is -2.32. The van der Waals surface area contributed by atoms with E-state index in [9.17, 15) is 28.1 Å². The molecule has 10 nitrogen and oxygen atoms in total. The molecule has 0 saturated carbocycles. The van der Waals surface area contributed by atoms with Crippen LogP contribution in [-0.4, -0.2) is 26.8 Å². The minimum Gasteiger partial charge on any atom is -0.467 e. The van der Waals surface area contributed by atoms with Gasteiger partial charge in [0.1, 0.15) is 28.6 Å². The number of benzene rings is 2. The summed E-state index contributed by atoms with van der Waals surface area (Å²) in [5.41, 5.74) is 1.91. The molecule has 0 spiro atoms. The van der Waals surface area contributed by atoms with E-state index < -0.39 is 29.1 Å². The number of furan rings is 1. The van der Waals surface area contributed by atoms with Gasteiger partial charge in [-0.15, -0.1) is 0 Å². The van der Waals surface area contributed by atoms with E-state index in [1.165, 1.54) is 24.0 Å². The second-order valence-corrected chi connectivity index (χ2v) is 9.67. The number of nitrogens with one attached hydrogen (secondary N) is 2. The summed E-state index contributed by atoms with van der Waals surface area (Å²) < 4.78 is 53.7. The van der Waals surface area contributed by atoms with E-state index in [1.807, 2.05) is 12.1 Å². The second-order valence-electron chi connectivity index (χ2n) is 9.67. The maximum Gasteiger partial charge on any atom is 0.410 e. The van der Waals surface area contributed by atoms with Crippen LogP contribution in [0.1, 0.15) is 52.2 Å². The molecule has 2 aliphatic rings. The van der Waals surface area contributed by atoms with Gasteiger partial charge in [-0.3, -0.25) is 14.9 Å². The molecule has 1 amide bonds. The Hall–Kier alpha value is -4.81. The highest BCUT2D eigenvalue weighted by atomic mass is 19.4. The molecule has 2 N–H and O–H groups in total. The summed E-state index contributed by atoms with van der Waals surface area (Å²) in [5.74, 6) is -0.0607. The summed E-state index contributed by atoms with van der Waals surface area (Å²) in [6.45, 7) is 0. The van der Waals surface area contributed by atoms with Crippen molar-refractivity contribution in [2.45, 2.75) is 43.9 Å². The molecule has 0 radical (unpaired) electrons. The van der Waals surface area contributed by atoms with Gasteiger partial charge in [0.05, 0.1) is 35.2 Å². The van der Waals surface area contributed by atoms with Crippen molar-refractivity contribution >= 4 is 23.1 Å². The maximum atomic E-state index is 13.9. The first-order valence-electron chi connectivity index (χ1n) is 12.5. The van der Waals surface area contributed by atoms with E-state index in [1.54, 1.807) is 18.2 Å². The molecular weight excluding hydrogens is 531 g/mol. The Labute approximate surface area is 224 Å². The van der Waals surface area contributed by atoms with Crippen molar-refractivity contribution in [2.24, 2.45) is 0 Å². The third-order valence-electron chi connectivity index (χ3n) is 7.04. The summed E-state index contributed by atoms with van der Waals surface area (Å²) in [7, 11) is 0. The van der Waals surface area contributed by atoms with Crippen molar-refractivity contribution in [3.05, 3.63) is 93.6 Å².